The molecule has 38 heavy (non-hydrogen) atoms. The summed E-state index contributed by atoms with van der Waals surface area (Å²) in [4.78, 5) is 38.4. The van der Waals surface area contributed by atoms with E-state index in [4.69, 9.17) is 18.9 Å². The van der Waals surface area contributed by atoms with Crippen LogP contribution in [0.4, 0.5) is 0 Å². The number of benzene rings is 2. The minimum atomic E-state index is -0.505. The fourth-order valence-electron chi connectivity index (χ4n) is 5.36. The van der Waals surface area contributed by atoms with Gasteiger partial charge in [-0.1, -0.05) is 30.4 Å². The van der Waals surface area contributed by atoms with E-state index in [2.05, 4.69) is 0 Å². The quantitative estimate of drug-likeness (QED) is 0.355. The van der Waals surface area contributed by atoms with Gasteiger partial charge < -0.3 is 18.9 Å². The maximum absolute atomic E-state index is 13.6. The second kappa shape index (κ2) is 11.3. The van der Waals surface area contributed by atoms with E-state index in [1.54, 1.807) is 6.07 Å². The Hall–Kier alpha value is -3.87. The molecule has 0 fully saturated rings. The van der Waals surface area contributed by atoms with Crippen LogP contribution in [0.3, 0.4) is 0 Å². The Kier molecular flexibility index (Phi) is 7.63. The summed E-state index contributed by atoms with van der Waals surface area (Å²) in [7, 11) is 1.52. The van der Waals surface area contributed by atoms with Gasteiger partial charge in [-0.2, -0.15) is 0 Å². The summed E-state index contributed by atoms with van der Waals surface area (Å²) >= 11 is 0. The molecule has 0 N–H and O–H groups in total. The third-order valence-corrected chi connectivity index (χ3v) is 7.26. The van der Waals surface area contributed by atoms with E-state index in [-0.39, 0.29) is 30.2 Å². The average molecular weight is 517 g/mol. The number of hydrogen-bond donors (Lipinski definition) is 0. The van der Waals surface area contributed by atoms with Crippen LogP contribution in [0.2, 0.25) is 0 Å². The van der Waals surface area contributed by atoms with E-state index in [1.165, 1.54) is 7.11 Å². The number of rotatable bonds is 2. The number of allylic oxidation sites excluding steroid dienone is 1. The Labute approximate surface area is 222 Å². The highest BCUT2D eigenvalue weighted by molar-refractivity contribution is 5.99. The van der Waals surface area contributed by atoms with Crippen LogP contribution in [-0.4, -0.2) is 37.5 Å². The largest absolute Gasteiger partial charge is 0.495 e. The van der Waals surface area contributed by atoms with Crippen LogP contribution in [0, 0.1) is 0 Å². The number of fused-ring (bicyclic) bond motifs is 3. The number of Topliss-reactive ketones (excluding diaryl/α,β-unsaturated/α-hetero) is 1. The maximum Gasteiger partial charge on any atom is 0.342 e. The molecule has 5 rings (SSSR count). The molecule has 3 aliphatic rings. The summed E-state index contributed by atoms with van der Waals surface area (Å²) in [5.74, 6) is 0.483. The summed E-state index contributed by atoms with van der Waals surface area (Å²) in [5.41, 5.74) is 3.34. The number of ether oxygens (including phenoxy) is 4. The number of hydrogen-bond acceptors (Lipinski definition) is 7. The zero-order valence-corrected chi connectivity index (χ0v) is 21.8. The number of methoxy groups -OCH3 is 1. The molecular formula is C31H32O7. The molecule has 198 valence electrons. The molecule has 3 heterocycles. The summed E-state index contributed by atoms with van der Waals surface area (Å²) in [6.45, 7) is 2.15. The molecule has 7 heteroatoms. The zero-order chi connectivity index (χ0) is 26.6. The molecule has 2 atom stereocenters. The van der Waals surface area contributed by atoms with Crippen molar-refractivity contribution in [3.63, 3.8) is 0 Å². The molecule has 2 aromatic rings. The molecule has 0 bridgehead atoms. The molecule has 7 nitrogen and oxygen atoms in total. The van der Waals surface area contributed by atoms with Gasteiger partial charge in [0.05, 0.1) is 19.6 Å². The average Bonchev–Trinajstić information content (AvgIpc) is 2.90. The van der Waals surface area contributed by atoms with E-state index >= 15 is 0 Å². The summed E-state index contributed by atoms with van der Waals surface area (Å²) in [6.07, 6.45) is 9.23. The van der Waals surface area contributed by atoms with Gasteiger partial charge in [0.25, 0.3) is 0 Å². The Balaban J connectivity index is 1.62. The van der Waals surface area contributed by atoms with Gasteiger partial charge in [0.1, 0.15) is 35.2 Å². The van der Waals surface area contributed by atoms with E-state index in [0.29, 0.717) is 66.9 Å². The molecule has 0 saturated heterocycles. The number of carbonyl (C=O) groups is 3. The summed E-state index contributed by atoms with van der Waals surface area (Å²) in [5, 5.41) is 0. The van der Waals surface area contributed by atoms with E-state index in [0.717, 1.165) is 23.3 Å². The molecule has 0 radical (unpaired) electrons. The molecule has 3 aliphatic heterocycles. The van der Waals surface area contributed by atoms with Crippen molar-refractivity contribution in [3.05, 3.63) is 64.2 Å². The van der Waals surface area contributed by atoms with Crippen LogP contribution >= 0.6 is 0 Å². The first kappa shape index (κ1) is 25.8. The van der Waals surface area contributed by atoms with Crippen LogP contribution in [0.1, 0.15) is 84.8 Å². The minimum absolute atomic E-state index is 0.106. The summed E-state index contributed by atoms with van der Waals surface area (Å²) in [6, 6.07) is 9.45. The molecule has 0 unspecified atom stereocenters. The van der Waals surface area contributed by atoms with Crippen LogP contribution < -0.4 is 14.2 Å². The standard InChI is InChI=1S/C31H32O7/c1-19-9-8-13-23(32)12-5-3-4-11-21-16-26-29(30(35-2)28(21)31(34)37-19)24(17-27(33)38-26)22-15-20-10-6-7-14-25(20)36-18-22/h4,6-7,10-11,14-16,19,24H,3,5,8-9,12-13,17-18H2,1-2H3/b11-4+/t19-,24+/m0/s1. The number of para-hydroxylation sites is 1. The lowest BCUT2D eigenvalue weighted by molar-refractivity contribution is -0.135. The van der Waals surface area contributed by atoms with Gasteiger partial charge in [-0.15, -0.1) is 0 Å². The molecule has 2 aromatic carbocycles. The lowest BCUT2D eigenvalue weighted by Gasteiger charge is -2.31. The van der Waals surface area contributed by atoms with Gasteiger partial charge in [0.2, 0.25) is 0 Å². The molecule has 0 saturated carbocycles. The van der Waals surface area contributed by atoms with Gasteiger partial charge in [-0.05, 0) is 62.0 Å². The highest BCUT2D eigenvalue weighted by Gasteiger charge is 2.37. The first-order chi connectivity index (χ1) is 18.4. The van der Waals surface area contributed by atoms with Crippen molar-refractivity contribution >= 4 is 29.9 Å². The van der Waals surface area contributed by atoms with Crippen molar-refractivity contribution in [1.82, 2.24) is 0 Å². The number of ketones is 1. The number of cyclic esters (lactones) is 1. The predicted molar refractivity (Wildman–Crippen MR) is 143 cm³/mol. The Bertz CT molecular complexity index is 1320. The highest BCUT2D eigenvalue weighted by atomic mass is 16.5. The first-order valence-corrected chi connectivity index (χ1v) is 13.2. The van der Waals surface area contributed by atoms with Crippen LogP contribution in [0.25, 0.3) is 12.2 Å². The molecule has 0 amide bonds. The van der Waals surface area contributed by atoms with Crippen molar-refractivity contribution in [3.8, 4) is 17.2 Å². The lowest BCUT2D eigenvalue weighted by Crippen LogP contribution is -2.26. The van der Waals surface area contributed by atoms with Crippen molar-refractivity contribution < 1.29 is 33.3 Å². The van der Waals surface area contributed by atoms with Crippen molar-refractivity contribution in [2.45, 2.75) is 63.9 Å². The van der Waals surface area contributed by atoms with Gasteiger partial charge in [-0.25, -0.2) is 4.79 Å². The third kappa shape index (κ3) is 5.37. The Morgan fingerprint density at radius 1 is 1.00 bits per heavy atom. The van der Waals surface area contributed by atoms with E-state index in [1.807, 2.05) is 49.4 Å². The second-order valence-electron chi connectivity index (χ2n) is 10.0. The minimum Gasteiger partial charge on any atom is -0.495 e. The van der Waals surface area contributed by atoms with Crippen molar-refractivity contribution in [2.24, 2.45) is 0 Å². The fraction of sp³-hybridized carbons (Fsp3) is 0.387. The Morgan fingerprint density at radius 2 is 1.82 bits per heavy atom. The molecule has 0 aromatic heterocycles. The topological polar surface area (TPSA) is 88.1 Å². The van der Waals surface area contributed by atoms with E-state index in [9.17, 15) is 14.4 Å². The highest BCUT2D eigenvalue weighted by Crippen LogP contribution is 2.49. The van der Waals surface area contributed by atoms with Crippen LogP contribution in [0.15, 0.2) is 42.0 Å². The first-order valence-electron chi connectivity index (χ1n) is 13.2. The van der Waals surface area contributed by atoms with Gasteiger partial charge in [0, 0.05) is 29.9 Å². The second-order valence-corrected chi connectivity index (χ2v) is 10.0. The molecular weight excluding hydrogens is 484 g/mol. The third-order valence-electron chi connectivity index (χ3n) is 7.26. The Morgan fingerprint density at radius 3 is 2.66 bits per heavy atom. The fourth-order valence-corrected chi connectivity index (χ4v) is 5.36. The van der Waals surface area contributed by atoms with Gasteiger partial charge in [0.15, 0.2) is 0 Å². The smallest absolute Gasteiger partial charge is 0.342 e. The van der Waals surface area contributed by atoms with Crippen molar-refractivity contribution in [2.75, 3.05) is 13.7 Å². The van der Waals surface area contributed by atoms with Crippen LogP contribution in [-0.2, 0) is 14.3 Å². The SMILES string of the molecule is COc1c2c(cc3c1[C@@H](C1=Cc4ccccc4OC1)CC(=O)O3)/C=C/CCCC(=O)CCC[C@H](C)OC2=O. The van der Waals surface area contributed by atoms with Crippen molar-refractivity contribution in [1.29, 1.82) is 0 Å². The van der Waals surface area contributed by atoms with E-state index < -0.39 is 5.97 Å². The maximum atomic E-state index is 13.6. The number of carbonyl (C=O) groups excluding carboxylic acids is 3. The zero-order valence-electron chi connectivity index (χ0n) is 21.8. The lowest BCUT2D eigenvalue weighted by atomic mass is 9.82. The van der Waals surface area contributed by atoms with Crippen LogP contribution in [0.5, 0.6) is 17.2 Å². The predicted octanol–water partition coefficient (Wildman–Crippen LogP) is 6.05. The van der Waals surface area contributed by atoms with Gasteiger partial charge >= 0.3 is 11.9 Å². The molecule has 0 spiro atoms. The monoisotopic (exact) mass is 516 g/mol. The van der Waals surface area contributed by atoms with Gasteiger partial charge in [-0.3, -0.25) is 9.59 Å². The summed E-state index contributed by atoms with van der Waals surface area (Å²) < 4.78 is 23.4. The number of esters is 2. The normalized spacial score (nSPS) is 22.8. The molecule has 0 aliphatic carbocycles.